The van der Waals surface area contributed by atoms with Crippen LogP contribution in [0.15, 0.2) is 36.0 Å². The molecule has 0 aromatic heterocycles. The summed E-state index contributed by atoms with van der Waals surface area (Å²) in [6.07, 6.45) is 0.450. The van der Waals surface area contributed by atoms with E-state index in [1.807, 2.05) is 0 Å². The van der Waals surface area contributed by atoms with Crippen LogP contribution in [0.25, 0.3) is 0 Å². The van der Waals surface area contributed by atoms with E-state index in [0.29, 0.717) is 0 Å². The molecule has 0 aromatic carbocycles. The molecule has 2 rings (SSSR count). The highest BCUT2D eigenvalue weighted by molar-refractivity contribution is 5.99. The van der Waals surface area contributed by atoms with Gasteiger partial charge in [0, 0.05) is 23.0 Å². The fraction of sp³-hybridized carbons (Fsp3) is 0.550. The second kappa shape index (κ2) is 7.78. The zero-order valence-electron chi connectivity index (χ0n) is 16.0. The summed E-state index contributed by atoms with van der Waals surface area (Å²) in [6.45, 7) is 9.97. The highest BCUT2D eigenvalue weighted by atomic mass is 16.6. The summed E-state index contributed by atoms with van der Waals surface area (Å²) in [7, 11) is 0. The molecule has 1 aliphatic carbocycles. The Bertz CT molecular complexity index is 720. The Morgan fingerprint density at radius 2 is 2.00 bits per heavy atom. The number of carbonyl (C=O) groups is 3. The summed E-state index contributed by atoms with van der Waals surface area (Å²) in [5.41, 5.74) is -1.87. The van der Waals surface area contributed by atoms with Crippen LogP contribution in [0, 0.1) is 11.8 Å². The van der Waals surface area contributed by atoms with Crippen LogP contribution in [-0.4, -0.2) is 51.8 Å². The lowest BCUT2D eigenvalue weighted by Crippen LogP contribution is -2.61. The quantitative estimate of drug-likeness (QED) is 0.559. The minimum absolute atomic E-state index is 0.0541. The number of esters is 2. The summed E-state index contributed by atoms with van der Waals surface area (Å²) in [6, 6.07) is 0. The van der Waals surface area contributed by atoms with Gasteiger partial charge in [-0.15, -0.1) is 0 Å². The van der Waals surface area contributed by atoms with Gasteiger partial charge in [-0.1, -0.05) is 25.7 Å². The lowest BCUT2D eigenvalue weighted by atomic mass is 9.77. The van der Waals surface area contributed by atoms with Gasteiger partial charge in [-0.2, -0.15) is 0 Å². The van der Waals surface area contributed by atoms with E-state index in [0.717, 1.165) is 6.08 Å². The molecule has 1 saturated carbocycles. The summed E-state index contributed by atoms with van der Waals surface area (Å²) in [5, 5.41) is 22.0. The maximum Gasteiger partial charge on any atom is 0.334 e. The van der Waals surface area contributed by atoms with Crippen LogP contribution in [0.1, 0.15) is 34.1 Å². The second-order valence-electron chi connectivity index (χ2n) is 7.08. The highest BCUT2D eigenvalue weighted by Gasteiger charge is 2.62. The fourth-order valence-corrected chi connectivity index (χ4v) is 3.58. The van der Waals surface area contributed by atoms with Gasteiger partial charge in [-0.3, -0.25) is 4.79 Å². The van der Waals surface area contributed by atoms with E-state index in [1.54, 1.807) is 13.8 Å². The molecule has 1 aliphatic heterocycles. The monoisotopic (exact) mass is 378 g/mol. The Morgan fingerprint density at radius 1 is 1.37 bits per heavy atom. The molecule has 2 N–H and O–H groups in total. The van der Waals surface area contributed by atoms with E-state index >= 15 is 0 Å². The number of aliphatic hydroxyl groups is 2. The van der Waals surface area contributed by atoms with Crippen molar-refractivity contribution in [2.45, 2.75) is 58.0 Å². The molecule has 0 aromatic rings. The number of hydrogen-bond acceptors (Lipinski definition) is 7. The average molecular weight is 378 g/mol. The third-order valence-electron chi connectivity index (χ3n) is 5.55. The second-order valence-corrected chi connectivity index (χ2v) is 7.08. The van der Waals surface area contributed by atoms with E-state index in [4.69, 9.17) is 9.47 Å². The minimum atomic E-state index is -2.26. The molecule has 0 amide bonds. The van der Waals surface area contributed by atoms with Crippen molar-refractivity contribution in [2.24, 2.45) is 11.8 Å². The third kappa shape index (κ3) is 3.49. The number of ether oxygens (including phenoxy) is 2. The summed E-state index contributed by atoms with van der Waals surface area (Å²) < 4.78 is 10.8. The van der Waals surface area contributed by atoms with Gasteiger partial charge < -0.3 is 19.7 Å². The lowest BCUT2D eigenvalue weighted by molar-refractivity contribution is -0.195. The molecule has 2 fully saturated rings. The third-order valence-corrected chi connectivity index (χ3v) is 5.55. The molecule has 148 valence electrons. The maximum absolute atomic E-state index is 12.8. The van der Waals surface area contributed by atoms with Crippen molar-refractivity contribution < 1.29 is 34.1 Å². The fourth-order valence-electron chi connectivity index (χ4n) is 3.58. The standard InChI is InChI=1S/C20H26O7/c1-6-8-15(22)20(25)12(5)14(21)9-13-11(4)19(24)26-16(13)17(20)27-18(23)10(3)7-2/h6-8,12-14,16-17,21,25H,4,9H2,1-3,5H3/b8-6+,10-7-/t12-,13-,14+,16+,17-,20+/m0/s1. The van der Waals surface area contributed by atoms with Crippen LogP contribution < -0.4 is 0 Å². The maximum atomic E-state index is 12.8. The van der Waals surface area contributed by atoms with Gasteiger partial charge in [0.25, 0.3) is 0 Å². The van der Waals surface area contributed by atoms with Crippen LogP contribution >= 0.6 is 0 Å². The first-order valence-corrected chi connectivity index (χ1v) is 8.90. The van der Waals surface area contributed by atoms with Crippen LogP contribution in [-0.2, 0) is 23.9 Å². The van der Waals surface area contributed by atoms with Crippen LogP contribution in [0.2, 0.25) is 0 Å². The Balaban J connectivity index is 2.61. The van der Waals surface area contributed by atoms with Gasteiger partial charge in [-0.05, 0) is 33.3 Å². The summed E-state index contributed by atoms with van der Waals surface area (Å²) >= 11 is 0. The van der Waals surface area contributed by atoms with Crippen molar-refractivity contribution in [3.8, 4) is 0 Å². The molecule has 7 heteroatoms. The number of fused-ring (bicyclic) bond motifs is 1. The van der Waals surface area contributed by atoms with Gasteiger partial charge in [0.05, 0.1) is 6.10 Å². The smallest absolute Gasteiger partial charge is 0.334 e. The van der Waals surface area contributed by atoms with Crippen LogP contribution in [0.5, 0.6) is 0 Å². The van der Waals surface area contributed by atoms with E-state index in [-0.39, 0.29) is 17.6 Å². The first-order chi connectivity index (χ1) is 12.6. The minimum Gasteiger partial charge on any atom is -0.454 e. The topological polar surface area (TPSA) is 110 Å². The zero-order valence-corrected chi connectivity index (χ0v) is 16.0. The van der Waals surface area contributed by atoms with Crippen molar-refractivity contribution in [2.75, 3.05) is 0 Å². The summed E-state index contributed by atoms with van der Waals surface area (Å²) in [5.74, 6) is -3.82. The van der Waals surface area contributed by atoms with E-state index < -0.39 is 53.5 Å². The van der Waals surface area contributed by atoms with E-state index in [9.17, 15) is 24.6 Å². The normalized spacial score (nSPS) is 37.0. The SMILES string of the molecule is C=C1C(=O)O[C@@H]2[C@H]1C[C@@H](O)[C@H](C)[C@@](O)(C(=O)/C=C/C)[C@H]2OC(=O)/C(C)=C\C. The molecule has 6 atom stereocenters. The number of rotatable bonds is 4. The van der Waals surface area contributed by atoms with E-state index in [1.165, 1.54) is 26.0 Å². The first kappa shape index (κ1) is 21.1. The van der Waals surface area contributed by atoms with Gasteiger partial charge in [0.2, 0.25) is 0 Å². The first-order valence-electron chi connectivity index (χ1n) is 8.90. The van der Waals surface area contributed by atoms with Crippen molar-refractivity contribution >= 4 is 17.7 Å². The van der Waals surface area contributed by atoms with Gasteiger partial charge in [0.1, 0.15) is 6.10 Å². The van der Waals surface area contributed by atoms with Gasteiger partial charge in [0.15, 0.2) is 17.5 Å². The zero-order chi connectivity index (χ0) is 20.5. The number of ketones is 1. The summed E-state index contributed by atoms with van der Waals surface area (Å²) in [4.78, 5) is 37.2. The van der Waals surface area contributed by atoms with Crippen molar-refractivity contribution in [3.05, 3.63) is 36.0 Å². The molecule has 0 unspecified atom stereocenters. The predicted molar refractivity (Wildman–Crippen MR) is 96.4 cm³/mol. The molecule has 27 heavy (non-hydrogen) atoms. The molecule has 0 spiro atoms. The molecule has 7 nitrogen and oxygen atoms in total. The van der Waals surface area contributed by atoms with Crippen LogP contribution in [0.3, 0.4) is 0 Å². The van der Waals surface area contributed by atoms with Crippen molar-refractivity contribution in [1.82, 2.24) is 0 Å². The van der Waals surface area contributed by atoms with Gasteiger partial charge >= 0.3 is 11.9 Å². The van der Waals surface area contributed by atoms with Crippen molar-refractivity contribution in [3.63, 3.8) is 0 Å². The average Bonchev–Trinajstić information content (AvgIpc) is 2.87. The Labute approximate surface area is 158 Å². The molecular formula is C20H26O7. The Morgan fingerprint density at radius 3 is 2.56 bits per heavy atom. The Kier molecular flexibility index (Phi) is 6.07. The number of hydrogen-bond donors (Lipinski definition) is 2. The molecule has 2 aliphatic rings. The largest absolute Gasteiger partial charge is 0.454 e. The number of carbonyl (C=O) groups excluding carboxylic acids is 3. The molecular weight excluding hydrogens is 352 g/mol. The van der Waals surface area contributed by atoms with Crippen LogP contribution in [0.4, 0.5) is 0 Å². The number of aliphatic hydroxyl groups excluding tert-OH is 1. The highest BCUT2D eigenvalue weighted by Crippen LogP contribution is 2.45. The molecule has 1 saturated heterocycles. The predicted octanol–water partition coefficient (Wildman–Crippen LogP) is 1.24. The van der Waals surface area contributed by atoms with Gasteiger partial charge in [-0.25, -0.2) is 9.59 Å². The van der Waals surface area contributed by atoms with Crippen molar-refractivity contribution in [1.29, 1.82) is 0 Å². The molecule has 1 heterocycles. The molecule has 0 radical (unpaired) electrons. The number of allylic oxidation sites excluding steroid dienone is 2. The Hall–Kier alpha value is -2.25. The molecule has 0 bridgehead atoms. The lowest BCUT2D eigenvalue weighted by Gasteiger charge is -2.39. The van der Waals surface area contributed by atoms with E-state index in [2.05, 4.69) is 6.58 Å².